The summed E-state index contributed by atoms with van der Waals surface area (Å²) in [6.45, 7) is 0.335. The van der Waals surface area contributed by atoms with Gasteiger partial charge in [-0.1, -0.05) is 6.07 Å². The van der Waals surface area contributed by atoms with Crippen molar-refractivity contribution >= 4 is 16.8 Å². The highest BCUT2D eigenvalue weighted by molar-refractivity contribution is 6.67. The molecule has 0 saturated carbocycles. The van der Waals surface area contributed by atoms with E-state index in [1.165, 1.54) is 6.20 Å². The quantitative estimate of drug-likeness (QED) is 0.780. The fourth-order valence-electron chi connectivity index (χ4n) is 1.21. The average Bonchev–Trinajstić information content (AvgIpc) is 2.38. The lowest BCUT2D eigenvalue weighted by Gasteiger charge is -2.04. The maximum Gasteiger partial charge on any atom is 0.253 e. The predicted octanol–water partition coefficient (Wildman–Crippen LogP) is 2.43. The van der Waals surface area contributed by atoms with Gasteiger partial charge in [-0.05, 0) is 29.8 Å². The van der Waals surface area contributed by atoms with Crippen LogP contribution in [0.5, 0.6) is 5.88 Å². The third kappa shape index (κ3) is 3.26. The molecule has 2 aromatic rings. The van der Waals surface area contributed by atoms with Gasteiger partial charge in [-0.3, -0.25) is 9.78 Å². The molecule has 0 aliphatic carbocycles. The predicted molar refractivity (Wildman–Crippen MR) is 63.0 cm³/mol. The lowest BCUT2D eigenvalue weighted by Crippen LogP contribution is -1.99. The molecule has 0 N–H and O–H groups in total. The van der Waals surface area contributed by atoms with Crippen LogP contribution in [0.25, 0.3) is 0 Å². The van der Waals surface area contributed by atoms with E-state index in [9.17, 15) is 4.79 Å². The smallest absolute Gasteiger partial charge is 0.253 e. The number of hydrogen-bond donors (Lipinski definition) is 0. The molecule has 2 aromatic heterocycles. The number of carbonyl (C=O) groups is 1. The summed E-state index contributed by atoms with van der Waals surface area (Å²) in [5.74, 6) is 0.428. The second kappa shape index (κ2) is 5.41. The van der Waals surface area contributed by atoms with Gasteiger partial charge in [0.1, 0.15) is 6.61 Å². The molecule has 0 unspecified atom stereocenters. The fraction of sp³-hybridized carbons (Fsp3) is 0.0833. The molecule has 0 bridgehead atoms. The van der Waals surface area contributed by atoms with Gasteiger partial charge in [0.25, 0.3) is 5.24 Å². The molecule has 2 rings (SSSR count). The van der Waals surface area contributed by atoms with Gasteiger partial charge in [0.15, 0.2) is 0 Å². The largest absolute Gasteiger partial charge is 0.471 e. The number of hydrogen-bond acceptors (Lipinski definition) is 4. The summed E-state index contributed by atoms with van der Waals surface area (Å²) < 4.78 is 5.40. The minimum absolute atomic E-state index is 0.335. The molecule has 0 fully saturated rings. The van der Waals surface area contributed by atoms with Crippen LogP contribution < -0.4 is 4.74 Å². The zero-order valence-corrected chi connectivity index (χ0v) is 9.59. The first-order valence-corrected chi connectivity index (χ1v) is 5.32. The summed E-state index contributed by atoms with van der Waals surface area (Å²) in [4.78, 5) is 18.9. The topological polar surface area (TPSA) is 52.1 Å². The van der Waals surface area contributed by atoms with Gasteiger partial charge in [0.05, 0.1) is 11.3 Å². The first-order valence-electron chi connectivity index (χ1n) is 4.94. The highest BCUT2D eigenvalue weighted by atomic mass is 35.5. The van der Waals surface area contributed by atoms with E-state index < -0.39 is 5.24 Å². The van der Waals surface area contributed by atoms with Crippen molar-refractivity contribution in [2.24, 2.45) is 0 Å². The standard InChI is InChI=1S/C12H9ClN2O2/c13-12(16)9-4-5-11(15-7-9)17-8-10-3-1-2-6-14-10/h1-7H,8H2. The van der Waals surface area contributed by atoms with Crippen LogP contribution in [0, 0.1) is 0 Å². The maximum absolute atomic E-state index is 10.8. The number of halogens is 1. The Morgan fingerprint density at radius 2 is 2.12 bits per heavy atom. The van der Waals surface area contributed by atoms with Gasteiger partial charge in [0, 0.05) is 18.5 Å². The molecule has 0 aromatic carbocycles. The monoisotopic (exact) mass is 248 g/mol. The number of nitrogens with zero attached hydrogens (tertiary/aromatic N) is 2. The van der Waals surface area contributed by atoms with Crippen LogP contribution in [0.3, 0.4) is 0 Å². The molecular formula is C12H9ClN2O2. The summed E-state index contributed by atoms with van der Waals surface area (Å²) in [7, 11) is 0. The third-order valence-corrected chi connectivity index (χ3v) is 2.28. The Bertz CT molecular complexity index is 500. The van der Waals surface area contributed by atoms with E-state index in [1.807, 2.05) is 18.2 Å². The Balaban J connectivity index is 1.98. The van der Waals surface area contributed by atoms with Crippen molar-refractivity contribution in [3.8, 4) is 5.88 Å². The van der Waals surface area contributed by atoms with Crippen LogP contribution in [-0.4, -0.2) is 15.2 Å². The van der Waals surface area contributed by atoms with E-state index in [1.54, 1.807) is 18.3 Å². The zero-order chi connectivity index (χ0) is 12.1. The molecule has 0 atom stereocenters. The van der Waals surface area contributed by atoms with Crippen LogP contribution in [0.4, 0.5) is 0 Å². The van der Waals surface area contributed by atoms with Crippen molar-refractivity contribution in [2.45, 2.75) is 6.61 Å². The number of carbonyl (C=O) groups excluding carboxylic acids is 1. The Hall–Kier alpha value is -1.94. The van der Waals surface area contributed by atoms with E-state index >= 15 is 0 Å². The number of ether oxygens (including phenoxy) is 1. The van der Waals surface area contributed by atoms with Gasteiger partial charge in [-0.2, -0.15) is 0 Å². The fourth-order valence-corrected chi connectivity index (χ4v) is 1.33. The second-order valence-electron chi connectivity index (χ2n) is 3.27. The summed E-state index contributed by atoms with van der Waals surface area (Å²) in [6, 6.07) is 8.74. The normalized spacial score (nSPS) is 9.94. The average molecular weight is 249 g/mol. The molecule has 0 radical (unpaired) electrons. The van der Waals surface area contributed by atoms with E-state index in [0.29, 0.717) is 18.1 Å². The van der Waals surface area contributed by atoms with Gasteiger partial charge in [0.2, 0.25) is 5.88 Å². The molecule has 86 valence electrons. The van der Waals surface area contributed by atoms with E-state index in [-0.39, 0.29) is 0 Å². The first-order chi connectivity index (χ1) is 8.25. The highest BCUT2D eigenvalue weighted by Crippen LogP contribution is 2.10. The number of aromatic nitrogens is 2. The van der Waals surface area contributed by atoms with Crippen molar-refractivity contribution in [3.05, 3.63) is 54.0 Å². The summed E-state index contributed by atoms with van der Waals surface area (Å²) in [6.07, 6.45) is 3.07. The lowest BCUT2D eigenvalue weighted by atomic mass is 10.3. The molecular weight excluding hydrogens is 240 g/mol. The minimum atomic E-state index is -0.534. The van der Waals surface area contributed by atoms with Gasteiger partial charge >= 0.3 is 0 Å². The maximum atomic E-state index is 10.8. The molecule has 0 spiro atoms. The molecule has 17 heavy (non-hydrogen) atoms. The lowest BCUT2D eigenvalue weighted by molar-refractivity contribution is 0.108. The minimum Gasteiger partial charge on any atom is -0.471 e. The molecule has 0 aliphatic rings. The van der Waals surface area contributed by atoms with Crippen molar-refractivity contribution < 1.29 is 9.53 Å². The van der Waals surface area contributed by atoms with Crippen molar-refractivity contribution in [2.75, 3.05) is 0 Å². The molecule has 2 heterocycles. The molecule has 0 aliphatic heterocycles. The second-order valence-corrected chi connectivity index (χ2v) is 3.61. The van der Waals surface area contributed by atoms with Gasteiger partial charge in [-0.25, -0.2) is 4.98 Å². The number of rotatable bonds is 4. The van der Waals surface area contributed by atoms with Gasteiger partial charge < -0.3 is 4.74 Å². The van der Waals surface area contributed by atoms with E-state index in [2.05, 4.69) is 9.97 Å². The Morgan fingerprint density at radius 1 is 1.24 bits per heavy atom. The van der Waals surface area contributed by atoms with E-state index in [0.717, 1.165) is 5.69 Å². The summed E-state index contributed by atoms with van der Waals surface area (Å²) in [5.41, 5.74) is 1.16. The van der Waals surface area contributed by atoms with Crippen molar-refractivity contribution in [1.29, 1.82) is 0 Å². The van der Waals surface area contributed by atoms with Gasteiger partial charge in [-0.15, -0.1) is 0 Å². The third-order valence-electron chi connectivity index (χ3n) is 2.06. The van der Waals surface area contributed by atoms with E-state index in [4.69, 9.17) is 16.3 Å². The molecule has 0 amide bonds. The first kappa shape index (κ1) is 11.5. The SMILES string of the molecule is O=C(Cl)c1ccc(OCc2ccccn2)nc1. The van der Waals surface area contributed by atoms with Crippen molar-refractivity contribution in [3.63, 3.8) is 0 Å². The Kier molecular flexibility index (Phi) is 3.67. The van der Waals surface area contributed by atoms with Crippen LogP contribution in [0.1, 0.15) is 16.1 Å². The summed E-state index contributed by atoms with van der Waals surface area (Å²) >= 11 is 5.30. The van der Waals surface area contributed by atoms with Crippen LogP contribution in [-0.2, 0) is 6.61 Å². The summed E-state index contributed by atoms with van der Waals surface area (Å²) in [5, 5.41) is -0.534. The van der Waals surface area contributed by atoms with Crippen LogP contribution in [0.15, 0.2) is 42.7 Å². The highest BCUT2D eigenvalue weighted by Gasteiger charge is 2.03. The molecule has 0 saturated heterocycles. The van der Waals surface area contributed by atoms with Crippen LogP contribution in [0.2, 0.25) is 0 Å². The van der Waals surface area contributed by atoms with Crippen molar-refractivity contribution in [1.82, 2.24) is 9.97 Å². The zero-order valence-electron chi connectivity index (χ0n) is 8.84. The Labute approximate surface area is 103 Å². The molecule has 4 nitrogen and oxygen atoms in total. The Morgan fingerprint density at radius 3 is 2.71 bits per heavy atom. The van der Waals surface area contributed by atoms with Crippen LogP contribution >= 0.6 is 11.6 Å². The number of pyridine rings is 2. The molecule has 5 heteroatoms.